The summed E-state index contributed by atoms with van der Waals surface area (Å²) in [5.74, 6) is 0. The van der Waals surface area contributed by atoms with Gasteiger partial charge >= 0.3 is 6.09 Å². The van der Waals surface area contributed by atoms with Gasteiger partial charge in [0.15, 0.2) is 0 Å². The molecule has 21 heavy (non-hydrogen) atoms. The predicted octanol–water partition coefficient (Wildman–Crippen LogP) is 2.47. The predicted molar refractivity (Wildman–Crippen MR) is 79.5 cm³/mol. The van der Waals surface area contributed by atoms with Gasteiger partial charge in [-0.25, -0.2) is 4.79 Å². The lowest BCUT2D eigenvalue weighted by Crippen LogP contribution is -2.32. The maximum absolute atomic E-state index is 11.4. The number of alkyl carbamates (subject to hydrolysis) is 1. The molecule has 7 heteroatoms. The maximum Gasteiger partial charge on any atom is 0.407 e. The summed E-state index contributed by atoms with van der Waals surface area (Å²) in [6.45, 7) is 5.44. The molecule has 0 saturated carbocycles. The second-order valence-electron chi connectivity index (χ2n) is 5.30. The number of benzene rings is 1. The summed E-state index contributed by atoms with van der Waals surface area (Å²) in [7, 11) is -4.27. The Labute approximate surface area is 124 Å². The molecular formula is C14H19NO5S. The molecule has 0 radical (unpaired) electrons. The molecule has 0 aliphatic carbocycles. The minimum atomic E-state index is -4.27. The normalized spacial score (nSPS) is 12.4. The van der Waals surface area contributed by atoms with Gasteiger partial charge in [0.2, 0.25) is 0 Å². The van der Waals surface area contributed by atoms with Crippen molar-refractivity contribution in [1.82, 2.24) is 5.32 Å². The van der Waals surface area contributed by atoms with Crippen LogP contribution < -0.4 is 5.32 Å². The van der Waals surface area contributed by atoms with Crippen molar-refractivity contribution in [2.75, 3.05) is 6.54 Å². The molecule has 0 saturated heterocycles. The third-order valence-corrected chi connectivity index (χ3v) is 3.19. The number of nitrogens with one attached hydrogen (secondary N) is 1. The third-order valence-electron chi connectivity index (χ3n) is 2.26. The summed E-state index contributed by atoms with van der Waals surface area (Å²) in [4.78, 5) is 11.2. The Balaban J connectivity index is 2.65. The van der Waals surface area contributed by atoms with Gasteiger partial charge in [0.05, 0.1) is 0 Å². The fourth-order valence-corrected chi connectivity index (χ4v) is 2.18. The molecule has 0 aliphatic rings. The number of hydrogen-bond acceptors (Lipinski definition) is 4. The van der Waals surface area contributed by atoms with Gasteiger partial charge in [-0.05, 0) is 32.4 Å². The Morgan fingerprint density at radius 1 is 1.33 bits per heavy atom. The first-order chi connectivity index (χ1) is 9.59. The zero-order chi connectivity index (χ0) is 16.1. The van der Waals surface area contributed by atoms with E-state index in [9.17, 15) is 13.2 Å². The largest absolute Gasteiger partial charge is 0.444 e. The van der Waals surface area contributed by atoms with Crippen molar-refractivity contribution in [3.05, 3.63) is 35.9 Å². The van der Waals surface area contributed by atoms with Gasteiger partial charge < -0.3 is 10.1 Å². The highest BCUT2D eigenvalue weighted by Crippen LogP contribution is 2.16. The molecule has 1 amide bonds. The first-order valence-electron chi connectivity index (χ1n) is 6.29. The molecule has 2 N–H and O–H groups in total. The van der Waals surface area contributed by atoms with E-state index in [1.807, 2.05) is 0 Å². The first-order valence-corrected chi connectivity index (χ1v) is 7.73. The van der Waals surface area contributed by atoms with Gasteiger partial charge in [-0.3, -0.25) is 4.55 Å². The van der Waals surface area contributed by atoms with Crippen LogP contribution in [0.5, 0.6) is 0 Å². The molecular weight excluding hydrogens is 294 g/mol. The number of ether oxygens (including phenoxy) is 1. The zero-order valence-corrected chi connectivity index (χ0v) is 13.0. The molecule has 116 valence electrons. The molecule has 1 aromatic rings. The van der Waals surface area contributed by atoms with Crippen LogP contribution in [0.2, 0.25) is 0 Å². The number of carbonyl (C=O) groups excluding carboxylic acids is 1. The number of hydrogen-bond donors (Lipinski definition) is 2. The van der Waals surface area contributed by atoms with Gasteiger partial charge in [0, 0.05) is 6.54 Å². The third kappa shape index (κ3) is 6.42. The van der Waals surface area contributed by atoms with Crippen molar-refractivity contribution in [2.24, 2.45) is 0 Å². The number of carbonyl (C=O) groups is 1. The maximum atomic E-state index is 11.4. The van der Waals surface area contributed by atoms with Crippen LogP contribution in [0, 0.1) is 0 Å². The van der Waals surface area contributed by atoms with E-state index in [1.54, 1.807) is 39.0 Å². The van der Waals surface area contributed by atoms with Crippen LogP contribution in [-0.2, 0) is 14.9 Å². The highest BCUT2D eigenvalue weighted by Gasteiger charge is 2.15. The van der Waals surface area contributed by atoms with Gasteiger partial charge in [-0.15, -0.1) is 0 Å². The lowest BCUT2D eigenvalue weighted by atomic mass is 10.2. The van der Waals surface area contributed by atoms with Crippen LogP contribution in [0.3, 0.4) is 0 Å². The first kappa shape index (κ1) is 17.2. The molecule has 0 unspecified atom stereocenters. The Kier molecular flexibility index (Phi) is 5.51. The van der Waals surface area contributed by atoms with Crippen molar-refractivity contribution < 1.29 is 22.5 Å². The molecule has 0 aromatic heterocycles. The summed E-state index contributed by atoms with van der Waals surface area (Å²) in [6, 6.07) is 6.01. The smallest absolute Gasteiger partial charge is 0.407 e. The minimum absolute atomic E-state index is 0.175. The molecule has 0 bridgehead atoms. The van der Waals surface area contributed by atoms with E-state index in [0.29, 0.717) is 5.56 Å². The topological polar surface area (TPSA) is 92.7 Å². The molecule has 0 heterocycles. The minimum Gasteiger partial charge on any atom is -0.444 e. The molecule has 0 atom stereocenters. The van der Waals surface area contributed by atoms with E-state index in [0.717, 1.165) is 0 Å². The van der Waals surface area contributed by atoms with E-state index in [4.69, 9.17) is 9.29 Å². The molecule has 1 aromatic carbocycles. The molecule has 0 fully saturated rings. The molecule has 1 rings (SSSR count). The van der Waals surface area contributed by atoms with Crippen LogP contribution in [0.25, 0.3) is 6.08 Å². The number of rotatable bonds is 4. The zero-order valence-electron chi connectivity index (χ0n) is 12.2. The fourth-order valence-electron chi connectivity index (χ4n) is 1.50. The Morgan fingerprint density at radius 3 is 2.52 bits per heavy atom. The summed E-state index contributed by atoms with van der Waals surface area (Å²) >= 11 is 0. The second kappa shape index (κ2) is 6.73. The summed E-state index contributed by atoms with van der Waals surface area (Å²) in [5.41, 5.74) is -0.239. The Morgan fingerprint density at radius 2 is 1.95 bits per heavy atom. The van der Waals surface area contributed by atoms with E-state index in [-0.39, 0.29) is 11.4 Å². The van der Waals surface area contributed by atoms with Gasteiger partial charge in [-0.1, -0.05) is 30.4 Å². The highest BCUT2D eigenvalue weighted by atomic mass is 32.2. The summed E-state index contributed by atoms with van der Waals surface area (Å²) < 4.78 is 36.5. The Bertz CT molecular complexity index is 629. The lowest BCUT2D eigenvalue weighted by molar-refractivity contribution is 0.0534. The lowest BCUT2D eigenvalue weighted by Gasteiger charge is -2.19. The van der Waals surface area contributed by atoms with E-state index in [1.165, 1.54) is 18.2 Å². The monoisotopic (exact) mass is 313 g/mol. The van der Waals surface area contributed by atoms with Gasteiger partial charge in [0.25, 0.3) is 10.1 Å². The molecule has 0 spiro atoms. The average molecular weight is 313 g/mol. The second-order valence-corrected chi connectivity index (χ2v) is 6.69. The standard InChI is InChI=1S/C14H19NO5S/c1-14(2,3)20-13(16)15-10-6-8-11-7-4-5-9-12(11)21(17,18)19/h4-9H,10H2,1-3H3,(H,15,16)(H,17,18,19). The van der Waals surface area contributed by atoms with E-state index >= 15 is 0 Å². The number of amides is 1. The average Bonchev–Trinajstić information content (AvgIpc) is 2.32. The van der Waals surface area contributed by atoms with E-state index < -0.39 is 21.8 Å². The molecule has 0 aliphatic heterocycles. The summed E-state index contributed by atoms with van der Waals surface area (Å²) in [5, 5.41) is 2.51. The van der Waals surface area contributed by atoms with Crippen LogP contribution in [-0.4, -0.2) is 31.2 Å². The van der Waals surface area contributed by atoms with Gasteiger partial charge in [0.1, 0.15) is 10.5 Å². The summed E-state index contributed by atoms with van der Waals surface area (Å²) in [6.07, 6.45) is 2.50. The highest BCUT2D eigenvalue weighted by molar-refractivity contribution is 7.85. The molecule has 6 nitrogen and oxygen atoms in total. The van der Waals surface area contributed by atoms with Crippen molar-refractivity contribution in [3.8, 4) is 0 Å². The Hall–Kier alpha value is -1.86. The van der Waals surface area contributed by atoms with Crippen LogP contribution in [0.1, 0.15) is 26.3 Å². The van der Waals surface area contributed by atoms with Crippen LogP contribution in [0.15, 0.2) is 35.2 Å². The fraction of sp³-hybridized carbons (Fsp3) is 0.357. The van der Waals surface area contributed by atoms with Crippen molar-refractivity contribution in [3.63, 3.8) is 0 Å². The van der Waals surface area contributed by atoms with Crippen LogP contribution in [0.4, 0.5) is 4.79 Å². The van der Waals surface area contributed by atoms with Crippen LogP contribution >= 0.6 is 0 Å². The van der Waals surface area contributed by atoms with Crippen molar-refractivity contribution in [2.45, 2.75) is 31.3 Å². The van der Waals surface area contributed by atoms with E-state index in [2.05, 4.69) is 5.32 Å². The van der Waals surface area contributed by atoms with Crippen molar-refractivity contribution >= 4 is 22.3 Å². The van der Waals surface area contributed by atoms with Gasteiger partial charge in [-0.2, -0.15) is 8.42 Å². The van der Waals surface area contributed by atoms with Crippen molar-refractivity contribution in [1.29, 1.82) is 0 Å². The SMILES string of the molecule is CC(C)(C)OC(=O)NCC=Cc1ccccc1S(=O)(=O)O. The quantitative estimate of drug-likeness (QED) is 0.833.